The molecule has 5 heteroatoms. The van der Waals surface area contributed by atoms with E-state index in [0.717, 1.165) is 19.6 Å². The third-order valence-electron chi connectivity index (χ3n) is 3.39. The van der Waals surface area contributed by atoms with Crippen molar-refractivity contribution in [3.8, 4) is 0 Å². The Morgan fingerprint density at radius 2 is 2.24 bits per heavy atom. The van der Waals surface area contributed by atoms with E-state index in [4.69, 9.17) is 18.9 Å². The molecule has 0 bridgehead atoms. The molecule has 1 heterocycles. The molecule has 0 aromatic rings. The van der Waals surface area contributed by atoms with Crippen LogP contribution in [0.3, 0.4) is 0 Å². The number of hydrogen-bond acceptors (Lipinski definition) is 5. The highest BCUT2D eigenvalue weighted by Gasteiger charge is 2.42. The van der Waals surface area contributed by atoms with Crippen LogP contribution in [-0.2, 0) is 18.9 Å². The molecule has 2 aliphatic rings. The Balaban J connectivity index is 1.65. The Hall–Kier alpha value is -0.200. The smallest absolute Gasteiger partial charge is 0.0986 e. The van der Waals surface area contributed by atoms with E-state index in [1.54, 1.807) is 7.11 Å². The Kier molecular flexibility index (Phi) is 5.18. The molecule has 0 aromatic carbocycles. The van der Waals surface area contributed by atoms with Gasteiger partial charge in [0.15, 0.2) is 0 Å². The molecule has 17 heavy (non-hydrogen) atoms. The van der Waals surface area contributed by atoms with Crippen molar-refractivity contribution >= 4 is 0 Å². The Labute approximate surface area is 103 Å². The van der Waals surface area contributed by atoms with Crippen molar-refractivity contribution in [3.05, 3.63) is 0 Å². The molecule has 5 nitrogen and oxygen atoms in total. The molecular formula is C12H23NO4. The van der Waals surface area contributed by atoms with Gasteiger partial charge in [0.1, 0.15) is 0 Å². The van der Waals surface area contributed by atoms with Crippen LogP contribution in [-0.4, -0.2) is 64.4 Å². The van der Waals surface area contributed by atoms with Crippen molar-refractivity contribution in [2.45, 2.75) is 37.7 Å². The van der Waals surface area contributed by atoms with Gasteiger partial charge in [-0.1, -0.05) is 0 Å². The van der Waals surface area contributed by atoms with Crippen molar-refractivity contribution in [2.75, 3.05) is 40.1 Å². The van der Waals surface area contributed by atoms with Gasteiger partial charge in [-0.25, -0.2) is 0 Å². The summed E-state index contributed by atoms with van der Waals surface area (Å²) < 4.78 is 22.0. The topological polar surface area (TPSA) is 49.0 Å². The average molecular weight is 245 g/mol. The summed E-state index contributed by atoms with van der Waals surface area (Å²) in [6.45, 7) is 5.69. The first kappa shape index (κ1) is 13.2. The summed E-state index contributed by atoms with van der Waals surface area (Å²) in [5, 5.41) is 3.47. The standard InChI is InChI=1S/C12H23NO4/c1-3-16-11-6-10(12(11)14-2)13-7-9-8-15-4-5-17-9/h9-13H,3-8H2,1-2H3. The summed E-state index contributed by atoms with van der Waals surface area (Å²) in [6.07, 6.45) is 1.60. The normalized spacial score (nSPS) is 37.8. The van der Waals surface area contributed by atoms with E-state index in [0.29, 0.717) is 25.9 Å². The molecule has 1 aliphatic carbocycles. The molecule has 4 atom stereocenters. The van der Waals surface area contributed by atoms with Crippen molar-refractivity contribution < 1.29 is 18.9 Å². The largest absolute Gasteiger partial charge is 0.377 e. The lowest BCUT2D eigenvalue weighted by molar-refractivity contribution is -0.136. The molecule has 1 aliphatic heterocycles. The van der Waals surface area contributed by atoms with E-state index in [9.17, 15) is 0 Å². The van der Waals surface area contributed by atoms with E-state index < -0.39 is 0 Å². The second kappa shape index (κ2) is 6.66. The molecule has 0 amide bonds. The summed E-state index contributed by atoms with van der Waals surface area (Å²) in [5.74, 6) is 0. The van der Waals surface area contributed by atoms with E-state index in [1.165, 1.54) is 0 Å². The van der Waals surface area contributed by atoms with Crippen LogP contribution < -0.4 is 5.32 Å². The lowest BCUT2D eigenvalue weighted by Crippen LogP contribution is -2.61. The quantitative estimate of drug-likeness (QED) is 0.723. The molecule has 2 rings (SSSR count). The van der Waals surface area contributed by atoms with Gasteiger partial charge in [-0.05, 0) is 13.3 Å². The van der Waals surface area contributed by atoms with Gasteiger partial charge >= 0.3 is 0 Å². The summed E-state index contributed by atoms with van der Waals surface area (Å²) >= 11 is 0. The number of methoxy groups -OCH3 is 1. The van der Waals surface area contributed by atoms with Gasteiger partial charge in [-0.2, -0.15) is 0 Å². The molecule has 2 fully saturated rings. The highest BCUT2D eigenvalue weighted by Crippen LogP contribution is 2.26. The maximum Gasteiger partial charge on any atom is 0.0986 e. The van der Waals surface area contributed by atoms with Gasteiger partial charge in [0.2, 0.25) is 0 Å². The van der Waals surface area contributed by atoms with E-state index in [-0.39, 0.29) is 18.3 Å². The summed E-state index contributed by atoms with van der Waals surface area (Å²) in [6, 6.07) is 0.377. The molecule has 100 valence electrons. The number of hydrogen-bond donors (Lipinski definition) is 1. The van der Waals surface area contributed by atoms with E-state index in [2.05, 4.69) is 5.32 Å². The zero-order chi connectivity index (χ0) is 12.1. The van der Waals surface area contributed by atoms with E-state index >= 15 is 0 Å². The first-order chi connectivity index (χ1) is 8.35. The second-order valence-electron chi connectivity index (χ2n) is 4.51. The van der Waals surface area contributed by atoms with Gasteiger partial charge in [0, 0.05) is 26.3 Å². The predicted octanol–water partition coefficient (Wildman–Crippen LogP) is 0.184. The third-order valence-corrected chi connectivity index (χ3v) is 3.39. The van der Waals surface area contributed by atoms with Crippen LogP contribution in [0.4, 0.5) is 0 Å². The first-order valence-electron chi connectivity index (χ1n) is 6.42. The zero-order valence-corrected chi connectivity index (χ0v) is 10.7. The molecule has 0 spiro atoms. The van der Waals surface area contributed by atoms with Crippen LogP contribution in [0.2, 0.25) is 0 Å². The fraction of sp³-hybridized carbons (Fsp3) is 1.00. The molecule has 0 radical (unpaired) electrons. The van der Waals surface area contributed by atoms with Crippen LogP contribution in [0, 0.1) is 0 Å². The van der Waals surface area contributed by atoms with Crippen LogP contribution in [0.1, 0.15) is 13.3 Å². The minimum absolute atomic E-state index is 0.166. The minimum Gasteiger partial charge on any atom is -0.377 e. The van der Waals surface area contributed by atoms with Crippen LogP contribution in [0.5, 0.6) is 0 Å². The highest BCUT2D eigenvalue weighted by atomic mass is 16.6. The molecule has 1 saturated carbocycles. The SMILES string of the molecule is CCOC1CC(NCC2COCCO2)C1OC. The fourth-order valence-corrected chi connectivity index (χ4v) is 2.41. The van der Waals surface area contributed by atoms with Crippen molar-refractivity contribution in [1.29, 1.82) is 0 Å². The highest BCUT2D eigenvalue weighted by molar-refractivity contribution is 4.97. The summed E-state index contributed by atoms with van der Waals surface area (Å²) in [4.78, 5) is 0. The Morgan fingerprint density at radius 1 is 1.35 bits per heavy atom. The maximum atomic E-state index is 5.58. The van der Waals surface area contributed by atoms with E-state index in [1.807, 2.05) is 6.92 Å². The molecule has 4 unspecified atom stereocenters. The van der Waals surface area contributed by atoms with Gasteiger partial charge < -0.3 is 24.3 Å². The summed E-state index contributed by atoms with van der Waals surface area (Å²) in [5.41, 5.74) is 0. The number of rotatable bonds is 6. The zero-order valence-electron chi connectivity index (χ0n) is 10.7. The predicted molar refractivity (Wildman–Crippen MR) is 63.2 cm³/mol. The molecule has 0 aromatic heterocycles. The van der Waals surface area contributed by atoms with Gasteiger partial charge in [-0.15, -0.1) is 0 Å². The lowest BCUT2D eigenvalue weighted by Gasteiger charge is -2.44. The Morgan fingerprint density at radius 3 is 2.88 bits per heavy atom. The van der Waals surface area contributed by atoms with Gasteiger partial charge in [0.05, 0.1) is 38.1 Å². The molecule has 1 saturated heterocycles. The number of nitrogens with one attached hydrogen (secondary N) is 1. The van der Waals surface area contributed by atoms with Gasteiger partial charge in [0.25, 0.3) is 0 Å². The van der Waals surface area contributed by atoms with Crippen molar-refractivity contribution in [3.63, 3.8) is 0 Å². The fourth-order valence-electron chi connectivity index (χ4n) is 2.41. The minimum atomic E-state index is 0.166. The van der Waals surface area contributed by atoms with Crippen LogP contribution in [0.25, 0.3) is 0 Å². The van der Waals surface area contributed by atoms with Gasteiger partial charge in [-0.3, -0.25) is 0 Å². The van der Waals surface area contributed by atoms with Crippen LogP contribution >= 0.6 is 0 Å². The monoisotopic (exact) mass is 245 g/mol. The van der Waals surface area contributed by atoms with Crippen molar-refractivity contribution in [1.82, 2.24) is 5.32 Å². The molecular weight excluding hydrogens is 222 g/mol. The summed E-state index contributed by atoms with van der Waals surface area (Å²) in [7, 11) is 1.74. The lowest BCUT2D eigenvalue weighted by atomic mass is 9.85. The molecule has 1 N–H and O–H groups in total. The van der Waals surface area contributed by atoms with Crippen molar-refractivity contribution in [2.24, 2.45) is 0 Å². The number of ether oxygens (including phenoxy) is 4. The maximum absolute atomic E-state index is 5.58. The van der Waals surface area contributed by atoms with Crippen LogP contribution in [0.15, 0.2) is 0 Å². The average Bonchev–Trinajstić information content (AvgIpc) is 2.34. The Bertz CT molecular complexity index is 221. The third kappa shape index (κ3) is 3.39. The second-order valence-corrected chi connectivity index (χ2v) is 4.51. The first-order valence-corrected chi connectivity index (χ1v) is 6.42.